The van der Waals surface area contributed by atoms with Gasteiger partial charge in [0.25, 0.3) is 0 Å². The van der Waals surface area contributed by atoms with E-state index in [1.807, 2.05) is 6.07 Å². The summed E-state index contributed by atoms with van der Waals surface area (Å²) in [7, 11) is 4.57. The summed E-state index contributed by atoms with van der Waals surface area (Å²) in [5.74, 6) is 1.45. The van der Waals surface area contributed by atoms with Crippen molar-refractivity contribution in [3.8, 4) is 23.3 Å². The number of benzene rings is 2. The van der Waals surface area contributed by atoms with Gasteiger partial charge in [0.1, 0.15) is 17.2 Å². The highest BCUT2D eigenvalue weighted by molar-refractivity contribution is 6.31. The number of hydrogen-bond donors (Lipinski definition) is 0. The summed E-state index contributed by atoms with van der Waals surface area (Å²) in [6.45, 7) is 0. The predicted octanol–water partition coefficient (Wildman–Crippen LogP) is 4.51. The van der Waals surface area contributed by atoms with Gasteiger partial charge in [-0.05, 0) is 35.9 Å². The summed E-state index contributed by atoms with van der Waals surface area (Å²) in [6, 6.07) is 10.3. The number of nitrogens with zero attached hydrogens (tertiary/aromatic N) is 1. The Balaban J connectivity index is 2.20. The normalized spacial score (nSPS) is 10.8. The van der Waals surface area contributed by atoms with Gasteiger partial charge in [-0.1, -0.05) is 23.8 Å². The molecule has 0 radical (unpaired) electrons. The van der Waals surface area contributed by atoms with Crippen LogP contribution >= 0.6 is 11.6 Å². The monoisotopic (exact) mass is 397 g/mol. The van der Waals surface area contributed by atoms with Crippen LogP contribution in [0.2, 0.25) is 5.02 Å². The Morgan fingerprint density at radius 2 is 1.71 bits per heavy atom. The van der Waals surface area contributed by atoms with Crippen LogP contribution in [0.1, 0.15) is 16.7 Å². The second-order valence-electron chi connectivity index (χ2n) is 5.72. The van der Waals surface area contributed by atoms with Crippen LogP contribution in [0, 0.1) is 11.3 Å². The van der Waals surface area contributed by atoms with E-state index in [-0.39, 0.29) is 5.56 Å². The molecule has 0 aliphatic rings. The maximum absolute atomic E-state index is 12.2. The van der Waals surface area contributed by atoms with Crippen LogP contribution in [0.25, 0.3) is 23.1 Å². The van der Waals surface area contributed by atoms with E-state index < -0.39 is 5.63 Å². The molecule has 2 aromatic carbocycles. The average Bonchev–Trinajstić information content (AvgIpc) is 2.71. The van der Waals surface area contributed by atoms with Gasteiger partial charge in [-0.2, -0.15) is 5.26 Å². The average molecular weight is 398 g/mol. The van der Waals surface area contributed by atoms with Gasteiger partial charge < -0.3 is 18.6 Å². The molecule has 28 heavy (non-hydrogen) atoms. The Morgan fingerprint density at radius 1 is 1.04 bits per heavy atom. The molecule has 3 aromatic rings. The molecule has 0 N–H and O–H groups in total. The fourth-order valence-electron chi connectivity index (χ4n) is 2.85. The summed E-state index contributed by atoms with van der Waals surface area (Å²) >= 11 is 6.08. The van der Waals surface area contributed by atoms with Crippen molar-refractivity contribution in [2.45, 2.75) is 0 Å². The third-order valence-corrected chi connectivity index (χ3v) is 4.38. The van der Waals surface area contributed by atoms with Gasteiger partial charge in [0, 0.05) is 16.0 Å². The minimum Gasteiger partial charge on any atom is -0.493 e. The van der Waals surface area contributed by atoms with Crippen molar-refractivity contribution in [1.82, 2.24) is 0 Å². The summed E-state index contributed by atoms with van der Waals surface area (Å²) < 4.78 is 21.2. The van der Waals surface area contributed by atoms with E-state index in [1.54, 1.807) is 42.5 Å². The van der Waals surface area contributed by atoms with E-state index in [4.69, 9.17) is 30.2 Å². The zero-order chi connectivity index (χ0) is 20.3. The largest absolute Gasteiger partial charge is 0.493 e. The molecule has 0 unspecified atom stereocenters. The van der Waals surface area contributed by atoms with E-state index >= 15 is 0 Å². The van der Waals surface area contributed by atoms with Crippen molar-refractivity contribution < 1.29 is 18.6 Å². The van der Waals surface area contributed by atoms with Crippen molar-refractivity contribution in [2.75, 3.05) is 21.3 Å². The molecule has 1 heterocycles. The third kappa shape index (κ3) is 3.53. The second-order valence-corrected chi connectivity index (χ2v) is 6.16. The molecule has 0 saturated heterocycles. The molecule has 1 aromatic heterocycles. The summed E-state index contributed by atoms with van der Waals surface area (Å²) in [5.41, 5.74) is 0.685. The van der Waals surface area contributed by atoms with Crippen LogP contribution in [0.4, 0.5) is 0 Å². The van der Waals surface area contributed by atoms with E-state index in [1.165, 1.54) is 21.3 Å². The van der Waals surface area contributed by atoms with Crippen LogP contribution in [-0.4, -0.2) is 21.3 Å². The molecule has 0 aliphatic carbocycles. The molecule has 0 amide bonds. The third-order valence-electron chi connectivity index (χ3n) is 4.15. The molecule has 3 rings (SSSR count). The van der Waals surface area contributed by atoms with Gasteiger partial charge in [0.05, 0.1) is 21.3 Å². The van der Waals surface area contributed by atoms with Crippen LogP contribution in [0.5, 0.6) is 17.2 Å². The topological polar surface area (TPSA) is 81.7 Å². The van der Waals surface area contributed by atoms with Crippen molar-refractivity contribution in [3.63, 3.8) is 0 Å². The molecule has 0 bridgehead atoms. The Labute approximate surface area is 166 Å². The molecule has 0 spiro atoms. The molecular weight excluding hydrogens is 382 g/mol. The first-order chi connectivity index (χ1) is 13.5. The first kappa shape index (κ1) is 19.3. The number of ether oxygens (including phenoxy) is 3. The number of rotatable bonds is 5. The number of hydrogen-bond acceptors (Lipinski definition) is 6. The van der Waals surface area contributed by atoms with Gasteiger partial charge >= 0.3 is 5.63 Å². The van der Waals surface area contributed by atoms with Gasteiger partial charge in [-0.15, -0.1) is 0 Å². The zero-order valence-corrected chi connectivity index (χ0v) is 16.2. The fourth-order valence-corrected chi connectivity index (χ4v) is 3.03. The quantitative estimate of drug-likeness (QED) is 0.589. The van der Waals surface area contributed by atoms with Crippen LogP contribution < -0.4 is 19.8 Å². The molecule has 0 fully saturated rings. The minimum atomic E-state index is -0.707. The summed E-state index contributed by atoms with van der Waals surface area (Å²) in [5, 5.41) is 10.5. The highest BCUT2D eigenvalue weighted by Crippen LogP contribution is 2.38. The molecule has 7 heteroatoms. The minimum absolute atomic E-state index is 0.0986. The Kier molecular flexibility index (Phi) is 5.57. The lowest BCUT2D eigenvalue weighted by atomic mass is 10.0. The van der Waals surface area contributed by atoms with Gasteiger partial charge in [0.2, 0.25) is 5.75 Å². The smallest absolute Gasteiger partial charge is 0.354 e. The molecule has 0 aliphatic heterocycles. The summed E-state index contributed by atoms with van der Waals surface area (Å²) in [4.78, 5) is 12.2. The fraction of sp³-hybridized carbons (Fsp3) is 0.143. The predicted molar refractivity (Wildman–Crippen MR) is 107 cm³/mol. The van der Waals surface area contributed by atoms with Crippen LogP contribution in [-0.2, 0) is 0 Å². The lowest BCUT2D eigenvalue weighted by molar-refractivity contribution is 0.324. The number of methoxy groups -OCH3 is 3. The number of halogens is 1. The Morgan fingerprint density at radius 3 is 2.29 bits per heavy atom. The van der Waals surface area contributed by atoms with E-state index in [0.717, 1.165) is 5.56 Å². The second kappa shape index (κ2) is 8.07. The molecular formula is C21H16ClNO5. The van der Waals surface area contributed by atoms with E-state index in [2.05, 4.69) is 0 Å². The van der Waals surface area contributed by atoms with Gasteiger partial charge in [-0.3, -0.25) is 0 Å². The van der Waals surface area contributed by atoms with Crippen LogP contribution in [0.15, 0.2) is 39.5 Å². The molecule has 0 atom stereocenters. The lowest BCUT2D eigenvalue weighted by Crippen LogP contribution is -2.06. The molecule has 0 saturated carbocycles. The standard InChI is InChI=1S/C21H16ClNO5/c1-25-18-8-12(9-19(26-2)20(18)27-3)4-6-14-15-10-13(22)5-7-17(15)28-21(24)16(14)11-23/h4-10H,1-3H3/b6-4+. The Hall–Kier alpha value is -3.43. The van der Waals surface area contributed by atoms with Crippen molar-refractivity contribution in [2.24, 2.45) is 0 Å². The molecule has 6 nitrogen and oxygen atoms in total. The van der Waals surface area contributed by atoms with Crippen molar-refractivity contribution >= 4 is 34.7 Å². The van der Waals surface area contributed by atoms with E-state index in [9.17, 15) is 10.1 Å². The SMILES string of the molecule is COc1cc(/C=C/c2c(C#N)c(=O)oc3ccc(Cl)cc23)cc(OC)c1OC. The molecule has 142 valence electrons. The van der Waals surface area contributed by atoms with Gasteiger partial charge in [-0.25, -0.2) is 4.79 Å². The van der Waals surface area contributed by atoms with Gasteiger partial charge in [0.15, 0.2) is 11.5 Å². The maximum Gasteiger partial charge on any atom is 0.354 e. The van der Waals surface area contributed by atoms with E-state index in [0.29, 0.717) is 38.8 Å². The first-order valence-corrected chi connectivity index (χ1v) is 8.54. The number of fused-ring (bicyclic) bond motifs is 1. The van der Waals surface area contributed by atoms with Crippen molar-refractivity contribution in [3.05, 3.63) is 62.5 Å². The zero-order valence-electron chi connectivity index (χ0n) is 15.4. The van der Waals surface area contributed by atoms with Crippen LogP contribution in [0.3, 0.4) is 0 Å². The van der Waals surface area contributed by atoms with Crippen molar-refractivity contribution in [1.29, 1.82) is 5.26 Å². The highest BCUT2D eigenvalue weighted by Gasteiger charge is 2.14. The first-order valence-electron chi connectivity index (χ1n) is 8.17. The highest BCUT2D eigenvalue weighted by atomic mass is 35.5. The maximum atomic E-state index is 12.2. The Bertz CT molecular complexity index is 1150. The number of nitriles is 1. The lowest BCUT2D eigenvalue weighted by Gasteiger charge is -2.13. The summed E-state index contributed by atoms with van der Waals surface area (Å²) in [6.07, 6.45) is 3.40.